The summed E-state index contributed by atoms with van der Waals surface area (Å²) >= 11 is 0. The third-order valence-electron chi connectivity index (χ3n) is 3.53. The molecule has 0 bridgehead atoms. The van der Waals surface area contributed by atoms with Crippen LogP contribution in [0.4, 0.5) is 0 Å². The van der Waals surface area contributed by atoms with E-state index < -0.39 is 0 Å². The van der Waals surface area contributed by atoms with E-state index in [0.717, 1.165) is 23.9 Å². The summed E-state index contributed by atoms with van der Waals surface area (Å²) in [5, 5.41) is 4.34. The van der Waals surface area contributed by atoms with Crippen LogP contribution in [-0.2, 0) is 0 Å². The van der Waals surface area contributed by atoms with Gasteiger partial charge in [0.15, 0.2) is 0 Å². The van der Waals surface area contributed by atoms with Crippen LogP contribution in [0.2, 0.25) is 0 Å². The van der Waals surface area contributed by atoms with Crippen molar-refractivity contribution in [2.75, 3.05) is 0 Å². The van der Waals surface area contributed by atoms with Gasteiger partial charge < -0.3 is 0 Å². The summed E-state index contributed by atoms with van der Waals surface area (Å²) in [6.07, 6.45) is 14.3. The lowest BCUT2D eigenvalue weighted by atomic mass is 9.91. The van der Waals surface area contributed by atoms with Crippen molar-refractivity contribution in [3.8, 4) is 0 Å². The van der Waals surface area contributed by atoms with E-state index in [4.69, 9.17) is 5.84 Å². The second-order valence-corrected chi connectivity index (χ2v) is 4.63. The van der Waals surface area contributed by atoms with Crippen molar-refractivity contribution in [1.29, 1.82) is 0 Å². The Morgan fingerprint density at radius 2 is 2.28 bits per heavy atom. The molecule has 18 heavy (non-hydrogen) atoms. The zero-order chi connectivity index (χ0) is 12.4. The minimum atomic E-state index is 0.0481. The predicted octanol–water partition coefficient (Wildman–Crippen LogP) is 1.73. The lowest BCUT2D eigenvalue weighted by Gasteiger charge is -2.21. The Kier molecular flexibility index (Phi) is 3.08. The van der Waals surface area contributed by atoms with Gasteiger partial charge in [-0.1, -0.05) is 11.6 Å². The molecule has 2 heterocycles. The molecule has 5 nitrogen and oxygen atoms in total. The van der Waals surface area contributed by atoms with Crippen LogP contribution in [0.15, 0.2) is 36.4 Å². The highest BCUT2D eigenvalue weighted by atomic mass is 15.3. The maximum atomic E-state index is 5.74. The number of allylic oxidation sites excluding steroid dienone is 1. The van der Waals surface area contributed by atoms with Crippen molar-refractivity contribution in [2.45, 2.75) is 31.7 Å². The zero-order valence-corrected chi connectivity index (χ0v) is 10.2. The first-order chi connectivity index (χ1) is 8.90. The number of nitrogens with two attached hydrogens (primary N) is 1. The minimum absolute atomic E-state index is 0.0481. The van der Waals surface area contributed by atoms with E-state index in [1.54, 1.807) is 6.20 Å². The van der Waals surface area contributed by atoms with Crippen LogP contribution in [0.25, 0.3) is 5.52 Å². The van der Waals surface area contributed by atoms with Crippen LogP contribution in [0, 0.1) is 0 Å². The van der Waals surface area contributed by atoms with E-state index in [0.29, 0.717) is 0 Å². The molecule has 1 unspecified atom stereocenters. The lowest BCUT2D eigenvalue weighted by molar-refractivity contribution is 0.568. The SMILES string of the molecule is NNC(C1=CCCCC1)c1cnn2ccncc12. The van der Waals surface area contributed by atoms with Crippen LogP contribution in [0.3, 0.4) is 0 Å². The van der Waals surface area contributed by atoms with E-state index in [1.807, 2.05) is 23.1 Å². The van der Waals surface area contributed by atoms with Gasteiger partial charge in [-0.25, -0.2) is 9.94 Å². The van der Waals surface area contributed by atoms with Crippen LogP contribution in [-0.4, -0.2) is 14.6 Å². The van der Waals surface area contributed by atoms with Gasteiger partial charge in [0, 0.05) is 18.0 Å². The number of fused-ring (bicyclic) bond motifs is 1. The van der Waals surface area contributed by atoms with Crippen molar-refractivity contribution >= 4 is 5.52 Å². The molecule has 0 saturated heterocycles. The van der Waals surface area contributed by atoms with E-state index in [2.05, 4.69) is 21.6 Å². The van der Waals surface area contributed by atoms with Gasteiger partial charge >= 0.3 is 0 Å². The smallest absolute Gasteiger partial charge is 0.0896 e. The molecular weight excluding hydrogens is 226 g/mol. The highest BCUT2D eigenvalue weighted by Crippen LogP contribution is 2.30. The minimum Gasteiger partial charge on any atom is -0.271 e. The topological polar surface area (TPSA) is 68.2 Å². The zero-order valence-electron chi connectivity index (χ0n) is 10.2. The molecule has 1 aliphatic rings. The van der Waals surface area contributed by atoms with E-state index in [-0.39, 0.29) is 6.04 Å². The van der Waals surface area contributed by atoms with Gasteiger partial charge in [0.1, 0.15) is 0 Å². The molecule has 0 radical (unpaired) electrons. The number of hydrogen-bond acceptors (Lipinski definition) is 4. The van der Waals surface area contributed by atoms with Gasteiger partial charge in [0.2, 0.25) is 0 Å². The molecule has 2 aromatic heterocycles. The van der Waals surface area contributed by atoms with E-state index in [9.17, 15) is 0 Å². The van der Waals surface area contributed by atoms with Gasteiger partial charge in [-0.05, 0) is 25.7 Å². The molecular formula is C13H17N5. The van der Waals surface area contributed by atoms with Crippen molar-refractivity contribution in [3.05, 3.63) is 42.0 Å². The van der Waals surface area contributed by atoms with E-state index in [1.165, 1.54) is 18.4 Å². The molecule has 94 valence electrons. The first kappa shape index (κ1) is 11.4. The molecule has 0 saturated carbocycles. The fraction of sp³-hybridized carbons (Fsp3) is 0.385. The lowest BCUT2D eigenvalue weighted by Crippen LogP contribution is -2.30. The third-order valence-corrected chi connectivity index (χ3v) is 3.53. The summed E-state index contributed by atoms with van der Waals surface area (Å²) in [6, 6.07) is 0.0481. The molecule has 0 spiro atoms. The summed E-state index contributed by atoms with van der Waals surface area (Å²) in [5.74, 6) is 5.74. The second-order valence-electron chi connectivity index (χ2n) is 4.63. The average Bonchev–Trinajstić information content (AvgIpc) is 2.85. The molecule has 1 atom stereocenters. The number of nitrogens with zero attached hydrogens (tertiary/aromatic N) is 3. The highest BCUT2D eigenvalue weighted by molar-refractivity contribution is 5.55. The molecule has 1 aliphatic carbocycles. The Bertz CT molecular complexity index is 572. The van der Waals surface area contributed by atoms with Gasteiger partial charge in [0.05, 0.1) is 24.0 Å². The maximum absolute atomic E-state index is 5.74. The summed E-state index contributed by atoms with van der Waals surface area (Å²) in [7, 11) is 0. The molecule has 0 aliphatic heterocycles. The quantitative estimate of drug-likeness (QED) is 0.489. The van der Waals surface area contributed by atoms with E-state index >= 15 is 0 Å². The van der Waals surface area contributed by atoms with Gasteiger partial charge in [-0.15, -0.1) is 0 Å². The summed E-state index contributed by atoms with van der Waals surface area (Å²) in [4.78, 5) is 4.16. The molecule has 3 N–H and O–H groups in total. The van der Waals surface area contributed by atoms with Gasteiger partial charge in [-0.2, -0.15) is 5.10 Å². The van der Waals surface area contributed by atoms with Crippen LogP contribution in [0.1, 0.15) is 37.3 Å². The maximum Gasteiger partial charge on any atom is 0.0896 e. The number of nitrogens with one attached hydrogen (secondary N) is 1. The Morgan fingerprint density at radius 1 is 1.33 bits per heavy atom. The molecule has 0 aromatic carbocycles. The number of hydrazine groups is 1. The molecule has 0 fully saturated rings. The average molecular weight is 243 g/mol. The second kappa shape index (κ2) is 4.88. The standard InChI is InChI=1S/C13H17N5/c14-17-13(10-4-2-1-3-5-10)11-8-16-18-7-6-15-9-12(11)18/h4,6-9,13,17H,1-3,5,14H2. The Morgan fingerprint density at radius 3 is 3.06 bits per heavy atom. The fourth-order valence-electron chi connectivity index (χ4n) is 2.60. The predicted molar refractivity (Wildman–Crippen MR) is 69.6 cm³/mol. The van der Waals surface area contributed by atoms with Crippen LogP contribution in [0.5, 0.6) is 0 Å². The monoisotopic (exact) mass is 243 g/mol. The molecule has 3 rings (SSSR count). The third kappa shape index (κ3) is 1.91. The first-order valence-electron chi connectivity index (χ1n) is 6.32. The normalized spacial score (nSPS) is 17.7. The summed E-state index contributed by atoms with van der Waals surface area (Å²) in [5.41, 5.74) is 6.38. The van der Waals surface area contributed by atoms with Gasteiger partial charge in [-0.3, -0.25) is 10.8 Å². The summed E-state index contributed by atoms with van der Waals surface area (Å²) in [6.45, 7) is 0. The first-order valence-corrected chi connectivity index (χ1v) is 6.32. The van der Waals surface area contributed by atoms with Crippen molar-refractivity contribution in [3.63, 3.8) is 0 Å². The van der Waals surface area contributed by atoms with Crippen molar-refractivity contribution in [1.82, 2.24) is 20.0 Å². The highest BCUT2D eigenvalue weighted by Gasteiger charge is 2.20. The number of hydrogen-bond donors (Lipinski definition) is 2. The van der Waals surface area contributed by atoms with Crippen molar-refractivity contribution in [2.24, 2.45) is 5.84 Å². The van der Waals surface area contributed by atoms with Crippen LogP contribution < -0.4 is 11.3 Å². The largest absolute Gasteiger partial charge is 0.271 e. The van der Waals surface area contributed by atoms with Gasteiger partial charge in [0.25, 0.3) is 0 Å². The fourth-order valence-corrected chi connectivity index (χ4v) is 2.60. The van der Waals surface area contributed by atoms with Crippen LogP contribution >= 0.6 is 0 Å². The Hall–Kier alpha value is -1.72. The number of aromatic nitrogens is 3. The molecule has 5 heteroatoms. The molecule has 2 aromatic rings. The Balaban J connectivity index is 2.03. The molecule has 0 amide bonds. The Labute approximate surface area is 106 Å². The summed E-state index contributed by atoms with van der Waals surface area (Å²) < 4.78 is 1.83. The number of rotatable bonds is 3. The van der Waals surface area contributed by atoms with Crippen molar-refractivity contribution < 1.29 is 0 Å².